The quantitative estimate of drug-likeness (QED) is 0.559. The van der Waals surface area contributed by atoms with E-state index in [4.69, 9.17) is 5.11 Å². The Bertz CT molecular complexity index is 289. The molecule has 56 valence electrons. The van der Waals surface area contributed by atoms with Gasteiger partial charge in [-0.2, -0.15) is 5.11 Å². The highest BCUT2D eigenvalue weighted by atomic mass is 16.3. The molecule has 0 unspecified atom stereocenters. The maximum absolute atomic E-state index is 9.09. The van der Waals surface area contributed by atoms with Crippen LogP contribution in [0.1, 0.15) is 0 Å². The molecule has 0 aromatic rings. The molecular weight excluding hydrogens is 144 g/mol. The van der Waals surface area contributed by atoms with Gasteiger partial charge >= 0.3 is 0 Å². The number of fused-ring (bicyclic) bond motifs is 1. The molecule has 0 aliphatic carbocycles. The Hall–Kier alpha value is -1.65. The highest BCUT2D eigenvalue weighted by Gasteiger charge is 2.13. The summed E-state index contributed by atoms with van der Waals surface area (Å²) >= 11 is 0. The molecule has 0 spiro atoms. The van der Waals surface area contributed by atoms with E-state index in [1.807, 2.05) is 0 Å². The van der Waals surface area contributed by atoms with Crippen molar-refractivity contribution in [3.8, 4) is 0 Å². The van der Waals surface area contributed by atoms with Crippen molar-refractivity contribution in [3.05, 3.63) is 24.0 Å². The fraction of sp³-hybridized carbons (Fsp3) is 0.167. The van der Waals surface area contributed by atoms with E-state index < -0.39 is 0 Å². The minimum Gasteiger partial charge on any atom is -0.505 e. The van der Waals surface area contributed by atoms with Crippen molar-refractivity contribution in [1.82, 2.24) is 4.90 Å². The van der Waals surface area contributed by atoms with Crippen LogP contribution in [0.5, 0.6) is 0 Å². The third-order valence-corrected chi connectivity index (χ3v) is 1.37. The lowest BCUT2D eigenvalue weighted by Gasteiger charge is -2.07. The molecule has 0 atom stereocenters. The fourth-order valence-electron chi connectivity index (χ4n) is 0.882. The smallest absolute Gasteiger partial charge is 0.175 e. The van der Waals surface area contributed by atoms with E-state index >= 15 is 0 Å². The van der Waals surface area contributed by atoms with Crippen molar-refractivity contribution < 1.29 is 5.11 Å². The second-order valence-electron chi connectivity index (χ2n) is 2.17. The summed E-state index contributed by atoms with van der Waals surface area (Å²) in [5.74, 6) is 0.772. The first-order valence-corrected chi connectivity index (χ1v) is 3.14. The molecule has 2 aliphatic heterocycles. The lowest BCUT2D eigenvalue weighted by Crippen LogP contribution is -2.10. The van der Waals surface area contributed by atoms with Gasteiger partial charge in [-0.15, -0.1) is 5.11 Å². The maximum Gasteiger partial charge on any atom is 0.175 e. The van der Waals surface area contributed by atoms with Gasteiger partial charge in [0.05, 0.1) is 18.6 Å². The summed E-state index contributed by atoms with van der Waals surface area (Å²) in [4.78, 5) is 5.50. The van der Waals surface area contributed by atoms with E-state index in [9.17, 15) is 0 Å². The van der Waals surface area contributed by atoms with Gasteiger partial charge in [-0.3, -0.25) is 4.99 Å². The molecule has 2 rings (SSSR count). The normalized spacial score (nSPS) is 20.9. The molecule has 0 fully saturated rings. The van der Waals surface area contributed by atoms with Crippen LogP contribution in [-0.2, 0) is 0 Å². The molecular formula is C6H6N4O. The zero-order valence-corrected chi connectivity index (χ0v) is 5.68. The van der Waals surface area contributed by atoms with Crippen molar-refractivity contribution in [2.45, 2.75) is 0 Å². The molecule has 11 heavy (non-hydrogen) atoms. The van der Waals surface area contributed by atoms with Crippen molar-refractivity contribution in [1.29, 1.82) is 0 Å². The van der Waals surface area contributed by atoms with Gasteiger partial charge in [0.1, 0.15) is 12.4 Å². The summed E-state index contributed by atoms with van der Waals surface area (Å²) in [6.07, 6.45) is 4.46. The van der Waals surface area contributed by atoms with Gasteiger partial charge in [-0.05, 0) is 0 Å². The molecule has 0 saturated heterocycles. The van der Waals surface area contributed by atoms with Crippen LogP contribution in [-0.4, -0.2) is 22.9 Å². The van der Waals surface area contributed by atoms with Gasteiger partial charge in [0.2, 0.25) is 0 Å². The van der Waals surface area contributed by atoms with Crippen molar-refractivity contribution in [3.63, 3.8) is 0 Å². The Morgan fingerprint density at radius 2 is 2.45 bits per heavy atom. The number of allylic oxidation sites excluding steroid dienone is 1. The molecule has 0 amide bonds. The minimum absolute atomic E-state index is 0.114. The number of aliphatic imine (C=N–C) groups is 1. The van der Waals surface area contributed by atoms with Crippen molar-refractivity contribution >= 4 is 6.21 Å². The number of aliphatic hydroxyl groups is 1. The number of hydrogen-bond acceptors (Lipinski definition) is 5. The Morgan fingerprint density at radius 3 is 3.36 bits per heavy atom. The molecule has 5 nitrogen and oxygen atoms in total. The molecule has 0 radical (unpaired) electrons. The third-order valence-electron chi connectivity index (χ3n) is 1.37. The van der Waals surface area contributed by atoms with Gasteiger partial charge in [-0.1, -0.05) is 0 Å². The number of aliphatic hydroxyl groups excluding tert-OH is 1. The Balaban J connectivity index is 2.36. The lowest BCUT2D eigenvalue weighted by atomic mass is 10.5. The van der Waals surface area contributed by atoms with E-state index in [2.05, 4.69) is 15.2 Å². The van der Waals surface area contributed by atoms with Crippen molar-refractivity contribution in [2.75, 3.05) is 6.67 Å². The van der Waals surface area contributed by atoms with E-state index in [0.717, 1.165) is 0 Å². The number of hydrogen-bond donors (Lipinski definition) is 1. The second-order valence-corrected chi connectivity index (χ2v) is 2.17. The number of azo groups is 1. The first kappa shape index (κ1) is 6.09. The van der Waals surface area contributed by atoms with Crippen LogP contribution in [0.2, 0.25) is 0 Å². The molecule has 1 N–H and O–H groups in total. The molecule has 5 heteroatoms. The highest BCUT2D eigenvalue weighted by molar-refractivity contribution is 5.76. The first-order valence-electron chi connectivity index (χ1n) is 3.14. The molecule has 0 aromatic heterocycles. The SMILES string of the molecule is OC1=CN2CN=NC2=CN=C1. The third kappa shape index (κ3) is 1.000. The summed E-state index contributed by atoms with van der Waals surface area (Å²) in [5, 5.41) is 16.6. The summed E-state index contributed by atoms with van der Waals surface area (Å²) in [7, 11) is 0. The summed E-state index contributed by atoms with van der Waals surface area (Å²) in [6, 6.07) is 0. The van der Waals surface area contributed by atoms with E-state index in [-0.39, 0.29) is 5.76 Å². The largest absolute Gasteiger partial charge is 0.505 e. The monoisotopic (exact) mass is 150 g/mol. The topological polar surface area (TPSA) is 60.5 Å². The average Bonchev–Trinajstić information content (AvgIpc) is 2.31. The predicted octanol–water partition coefficient (Wildman–Crippen LogP) is 0.994. The Morgan fingerprint density at radius 1 is 1.55 bits per heavy atom. The van der Waals surface area contributed by atoms with Crippen LogP contribution in [0.3, 0.4) is 0 Å². The Kier molecular flexibility index (Phi) is 1.21. The highest BCUT2D eigenvalue weighted by Crippen LogP contribution is 2.16. The Labute approximate surface area is 63.1 Å². The van der Waals surface area contributed by atoms with E-state index in [0.29, 0.717) is 12.5 Å². The first-order chi connectivity index (χ1) is 5.36. The van der Waals surface area contributed by atoms with E-state index in [1.54, 1.807) is 17.3 Å². The van der Waals surface area contributed by atoms with Crippen LogP contribution in [0.25, 0.3) is 0 Å². The van der Waals surface area contributed by atoms with Crippen LogP contribution in [0, 0.1) is 0 Å². The van der Waals surface area contributed by atoms with Gasteiger partial charge in [0.15, 0.2) is 5.82 Å². The van der Waals surface area contributed by atoms with E-state index in [1.165, 1.54) is 6.21 Å². The summed E-state index contributed by atoms with van der Waals surface area (Å²) in [6.45, 7) is 0.458. The summed E-state index contributed by atoms with van der Waals surface area (Å²) < 4.78 is 0. The van der Waals surface area contributed by atoms with Gasteiger partial charge < -0.3 is 10.0 Å². The number of rotatable bonds is 0. The van der Waals surface area contributed by atoms with Crippen LogP contribution < -0.4 is 0 Å². The van der Waals surface area contributed by atoms with Gasteiger partial charge in [-0.25, -0.2) is 0 Å². The summed E-state index contributed by atoms with van der Waals surface area (Å²) in [5.41, 5.74) is 0. The zero-order valence-electron chi connectivity index (χ0n) is 5.68. The molecule has 0 aromatic carbocycles. The number of nitrogens with zero attached hydrogens (tertiary/aromatic N) is 4. The minimum atomic E-state index is 0.114. The second kappa shape index (κ2) is 2.19. The lowest BCUT2D eigenvalue weighted by molar-refractivity contribution is 0.417. The molecule has 2 heterocycles. The zero-order chi connectivity index (χ0) is 7.68. The van der Waals surface area contributed by atoms with Crippen LogP contribution in [0.4, 0.5) is 0 Å². The van der Waals surface area contributed by atoms with Gasteiger partial charge in [0, 0.05) is 0 Å². The molecule has 0 saturated carbocycles. The standard InChI is InChI=1S/C6H6N4O/c11-5-1-7-2-6-9-8-4-10(6)3-5/h1-3,11H,4H2. The molecule has 0 bridgehead atoms. The maximum atomic E-state index is 9.09. The van der Waals surface area contributed by atoms with Crippen LogP contribution in [0.15, 0.2) is 39.2 Å². The predicted molar refractivity (Wildman–Crippen MR) is 38.8 cm³/mol. The van der Waals surface area contributed by atoms with Crippen molar-refractivity contribution in [2.24, 2.45) is 15.2 Å². The fourth-order valence-corrected chi connectivity index (χ4v) is 0.882. The van der Waals surface area contributed by atoms with Gasteiger partial charge in [0.25, 0.3) is 0 Å². The average molecular weight is 150 g/mol. The molecule has 2 aliphatic rings. The van der Waals surface area contributed by atoms with Crippen LogP contribution >= 0.6 is 0 Å².